The van der Waals surface area contributed by atoms with Crippen LogP contribution in [0, 0.1) is 11.6 Å². The van der Waals surface area contributed by atoms with Crippen LogP contribution >= 0.6 is 0 Å². The van der Waals surface area contributed by atoms with E-state index >= 15 is 8.78 Å². The van der Waals surface area contributed by atoms with Gasteiger partial charge >= 0.3 is 12.2 Å². The molecule has 232 valence electrons. The van der Waals surface area contributed by atoms with Crippen LogP contribution in [0.25, 0.3) is 16.9 Å². The predicted octanol–water partition coefficient (Wildman–Crippen LogP) is 7.79. The Morgan fingerprint density at radius 3 is 2.20 bits per heavy atom. The highest BCUT2D eigenvalue weighted by molar-refractivity contribution is 5.88. The Kier molecular flexibility index (Phi) is 8.28. The van der Waals surface area contributed by atoms with Crippen molar-refractivity contribution in [3.05, 3.63) is 99.7 Å². The summed E-state index contributed by atoms with van der Waals surface area (Å²) in [6.45, 7) is 8.71. The standard InChI is InChI=1S/C33H34F5N5O/c1-5-20-8-7-9-21(6-2)29(20)43-30(23-14-26(35)27(15-25(23)34)40-31(39)44)24-18-42(32(3,4)16-28(24)41-43)17-19-10-12-22(13-11-19)33(36,37)38/h7-15H,5-6,16-18H2,1-4H3,(H3,39,40,44). The summed E-state index contributed by atoms with van der Waals surface area (Å²) in [5.41, 5.74) is 8.81. The summed E-state index contributed by atoms with van der Waals surface area (Å²) in [4.78, 5) is 13.5. The summed E-state index contributed by atoms with van der Waals surface area (Å²) < 4.78 is 72.4. The molecular formula is C33H34F5N5O. The second-order valence-electron chi connectivity index (χ2n) is 11.7. The van der Waals surface area contributed by atoms with Gasteiger partial charge in [-0.2, -0.15) is 18.3 Å². The number of aryl methyl sites for hydroxylation is 2. The van der Waals surface area contributed by atoms with Gasteiger partial charge in [-0.15, -0.1) is 0 Å². The topological polar surface area (TPSA) is 76.2 Å². The lowest BCUT2D eigenvalue weighted by molar-refractivity contribution is -0.137. The number of anilines is 1. The number of aromatic nitrogens is 2. The van der Waals surface area contributed by atoms with Crippen LogP contribution in [0.1, 0.15) is 61.2 Å². The summed E-state index contributed by atoms with van der Waals surface area (Å²) >= 11 is 0. The van der Waals surface area contributed by atoms with Crippen molar-refractivity contribution in [2.45, 2.75) is 71.8 Å². The van der Waals surface area contributed by atoms with Gasteiger partial charge in [-0.3, -0.25) is 4.90 Å². The van der Waals surface area contributed by atoms with E-state index in [0.717, 1.165) is 46.8 Å². The molecule has 0 spiro atoms. The minimum absolute atomic E-state index is 0.0339. The number of rotatable bonds is 7. The average Bonchev–Trinajstić information content (AvgIpc) is 3.30. The van der Waals surface area contributed by atoms with Gasteiger partial charge in [0.25, 0.3) is 0 Å². The minimum Gasteiger partial charge on any atom is -0.351 e. The van der Waals surface area contributed by atoms with Gasteiger partial charge in [-0.05, 0) is 61.6 Å². The first-order valence-electron chi connectivity index (χ1n) is 14.4. The van der Waals surface area contributed by atoms with E-state index in [4.69, 9.17) is 10.8 Å². The molecule has 44 heavy (non-hydrogen) atoms. The van der Waals surface area contributed by atoms with Crippen LogP contribution in [-0.4, -0.2) is 26.3 Å². The third-order valence-electron chi connectivity index (χ3n) is 8.27. The number of para-hydroxylation sites is 1. The first-order chi connectivity index (χ1) is 20.7. The van der Waals surface area contributed by atoms with E-state index in [9.17, 15) is 18.0 Å². The van der Waals surface area contributed by atoms with Crippen LogP contribution in [0.2, 0.25) is 0 Å². The van der Waals surface area contributed by atoms with Crippen molar-refractivity contribution in [3.63, 3.8) is 0 Å². The number of benzene rings is 3. The second-order valence-corrected chi connectivity index (χ2v) is 11.7. The molecular weight excluding hydrogens is 577 g/mol. The maximum atomic E-state index is 15.9. The van der Waals surface area contributed by atoms with Crippen molar-refractivity contribution in [2.75, 3.05) is 5.32 Å². The van der Waals surface area contributed by atoms with Crippen LogP contribution in [0.5, 0.6) is 0 Å². The molecule has 1 aromatic heterocycles. The number of amides is 2. The van der Waals surface area contributed by atoms with Gasteiger partial charge in [-0.1, -0.05) is 44.2 Å². The molecule has 2 heterocycles. The van der Waals surface area contributed by atoms with Crippen LogP contribution in [-0.2, 0) is 38.5 Å². The maximum Gasteiger partial charge on any atom is 0.416 e. The van der Waals surface area contributed by atoms with Crippen molar-refractivity contribution in [1.82, 2.24) is 14.7 Å². The van der Waals surface area contributed by atoms with E-state index < -0.39 is 34.9 Å². The third-order valence-corrected chi connectivity index (χ3v) is 8.27. The number of nitrogens with one attached hydrogen (secondary N) is 1. The smallest absolute Gasteiger partial charge is 0.351 e. The SMILES string of the molecule is CCc1cccc(CC)c1-n1nc2c(c1-c1cc(F)c(NC(N)=O)cc1F)CN(Cc1ccc(C(F)(F)F)cc1)C(C)(C)C2. The van der Waals surface area contributed by atoms with Crippen LogP contribution in [0.4, 0.5) is 32.4 Å². The number of fused-ring (bicyclic) bond motifs is 1. The average molecular weight is 612 g/mol. The molecule has 0 atom stereocenters. The molecule has 3 aromatic carbocycles. The molecule has 0 saturated heterocycles. The number of carbonyl (C=O) groups is 1. The minimum atomic E-state index is -4.44. The number of halogens is 5. The van der Waals surface area contributed by atoms with E-state index in [1.807, 2.05) is 45.9 Å². The molecule has 11 heteroatoms. The lowest BCUT2D eigenvalue weighted by Gasteiger charge is -2.42. The monoisotopic (exact) mass is 611 g/mol. The highest BCUT2D eigenvalue weighted by Gasteiger charge is 2.38. The molecule has 1 aliphatic rings. The summed E-state index contributed by atoms with van der Waals surface area (Å²) in [6, 6.07) is 11.9. The maximum absolute atomic E-state index is 15.9. The Morgan fingerprint density at radius 1 is 1.00 bits per heavy atom. The summed E-state index contributed by atoms with van der Waals surface area (Å²) in [7, 11) is 0. The molecule has 6 nitrogen and oxygen atoms in total. The van der Waals surface area contributed by atoms with Gasteiger partial charge in [0, 0.05) is 42.2 Å². The molecule has 0 saturated carbocycles. The molecule has 0 bridgehead atoms. The number of hydrogen-bond acceptors (Lipinski definition) is 3. The quantitative estimate of drug-likeness (QED) is 0.210. The number of urea groups is 1. The lowest BCUT2D eigenvalue weighted by Crippen LogP contribution is -2.47. The molecule has 1 aliphatic heterocycles. The Morgan fingerprint density at radius 2 is 1.64 bits per heavy atom. The molecule has 5 rings (SSSR count). The van der Waals surface area contributed by atoms with Gasteiger partial charge in [0.15, 0.2) is 0 Å². The second kappa shape index (κ2) is 11.7. The number of nitrogens with zero attached hydrogens (tertiary/aromatic N) is 3. The van der Waals surface area contributed by atoms with Gasteiger partial charge in [0.2, 0.25) is 0 Å². The number of carbonyl (C=O) groups excluding carboxylic acids is 1. The van der Waals surface area contributed by atoms with Crippen molar-refractivity contribution < 1.29 is 26.7 Å². The Hall–Kier alpha value is -4.25. The summed E-state index contributed by atoms with van der Waals surface area (Å²) in [5, 5.41) is 7.13. The first-order valence-corrected chi connectivity index (χ1v) is 14.4. The van der Waals surface area contributed by atoms with Crippen molar-refractivity contribution >= 4 is 11.7 Å². The summed E-state index contributed by atoms with van der Waals surface area (Å²) in [6.07, 6.45) is -2.62. The molecule has 0 fully saturated rings. The fourth-order valence-corrected chi connectivity index (χ4v) is 5.90. The van der Waals surface area contributed by atoms with Gasteiger partial charge in [0.05, 0.1) is 28.3 Å². The fraction of sp³-hybridized carbons (Fsp3) is 0.333. The molecule has 0 radical (unpaired) electrons. The molecule has 4 aromatic rings. The molecule has 2 amide bonds. The Balaban J connectivity index is 1.68. The van der Waals surface area contributed by atoms with E-state index in [0.29, 0.717) is 42.6 Å². The van der Waals surface area contributed by atoms with Crippen molar-refractivity contribution in [1.29, 1.82) is 0 Å². The van der Waals surface area contributed by atoms with Crippen LogP contribution < -0.4 is 11.1 Å². The number of primary amides is 1. The van der Waals surface area contributed by atoms with Gasteiger partial charge in [0.1, 0.15) is 11.6 Å². The molecule has 0 aliphatic carbocycles. The van der Waals surface area contributed by atoms with Crippen LogP contribution in [0.15, 0.2) is 54.6 Å². The van der Waals surface area contributed by atoms with Gasteiger partial charge in [-0.25, -0.2) is 18.3 Å². The molecule has 3 N–H and O–H groups in total. The highest BCUT2D eigenvalue weighted by Crippen LogP contribution is 2.41. The van der Waals surface area contributed by atoms with E-state index in [2.05, 4.69) is 10.2 Å². The van der Waals surface area contributed by atoms with E-state index in [1.165, 1.54) is 12.1 Å². The molecule has 0 unspecified atom stereocenters. The zero-order valence-corrected chi connectivity index (χ0v) is 24.9. The largest absolute Gasteiger partial charge is 0.416 e. The zero-order valence-electron chi connectivity index (χ0n) is 24.9. The number of hydrogen-bond donors (Lipinski definition) is 2. The van der Waals surface area contributed by atoms with E-state index in [-0.39, 0.29) is 17.8 Å². The summed E-state index contributed by atoms with van der Waals surface area (Å²) in [5.74, 6) is -1.64. The fourth-order valence-electron chi connectivity index (χ4n) is 5.90. The zero-order chi connectivity index (χ0) is 32.0. The predicted molar refractivity (Wildman–Crippen MR) is 159 cm³/mol. The Labute approximate surface area is 252 Å². The van der Waals surface area contributed by atoms with Crippen LogP contribution in [0.3, 0.4) is 0 Å². The number of nitrogens with two attached hydrogens (primary N) is 1. The first kappa shape index (κ1) is 31.2. The van der Waals surface area contributed by atoms with E-state index in [1.54, 1.807) is 4.68 Å². The number of alkyl halides is 3. The van der Waals surface area contributed by atoms with Gasteiger partial charge < -0.3 is 11.1 Å². The lowest BCUT2D eigenvalue weighted by atomic mass is 9.87. The Bertz CT molecular complexity index is 1690. The highest BCUT2D eigenvalue weighted by atomic mass is 19.4. The van der Waals surface area contributed by atoms with Crippen molar-refractivity contribution in [2.24, 2.45) is 5.73 Å². The third kappa shape index (κ3) is 5.93. The van der Waals surface area contributed by atoms with Crippen molar-refractivity contribution in [3.8, 4) is 16.9 Å². The normalized spacial score (nSPS) is 14.8.